The lowest BCUT2D eigenvalue weighted by Crippen LogP contribution is -2.22. The number of unbranched alkanes of at least 4 members (excludes halogenated alkanes) is 10. The quantitative estimate of drug-likeness (QED) is 0.101. The van der Waals surface area contributed by atoms with Gasteiger partial charge in [0.05, 0.1) is 19.8 Å². The lowest BCUT2D eigenvalue weighted by atomic mass is 10.1. The fourth-order valence-corrected chi connectivity index (χ4v) is 4.82. The van der Waals surface area contributed by atoms with Crippen LogP contribution in [0.15, 0.2) is 36.4 Å². The van der Waals surface area contributed by atoms with E-state index in [-0.39, 0.29) is 12.9 Å². The highest BCUT2D eigenvalue weighted by molar-refractivity contribution is 5.47. The van der Waals surface area contributed by atoms with E-state index >= 15 is 0 Å². The van der Waals surface area contributed by atoms with Crippen LogP contribution >= 0.6 is 0 Å². The molecule has 1 fully saturated rings. The van der Waals surface area contributed by atoms with Gasteiger partial charge >= 0.3 is 0 Å². The monoisotopic (exact) mass is 558 g/mol. The maximum atomic E-state index is 9.72. The van der Waals surface area contributed by atoms with Gasteiger partial charge in [-0.05, 0) is 95.2 Å². The van der Waals surface area contributed by atoms with Crippen LogP contribution in [0.2, 0.25) is 0 Å². The summed E-state index contributed by atoms with van der Waals surface area (Å²) >= 11 is 0. The number of aliphatic hydroxyl groups is 1. The molecule has 0 saturated carbocycles. The summed E-state index contributed by atoms with van der Waals surface area (Å²) in [6, 6.07) is 3.87. The van der Waals surface area contributed by atoms with E-state index in [1.165, 1.54) is 70.6 Å². The maximum Gasteiger partial charge on any atom is 0.157 e. The van der Waals surface area contributed by atoms with E-state index in [1.54, 1.807) is 0 Å². The summed E-state index contributed by atoms with van der Waals surface area (Å²) in [4.78, 5) is 0. The third-order valence-corrected chi connectivity index (χ3v) is 7.40. The molecule has 1 unspecified atom stereocenters. The van der Waals surface area contributed by atoms with Gasteiger partial charge in [0.2, 0.25) is 0 Å². The Morgan fingerprint density at radius 3 is 2.00 bits per heavy atom. The Balaban J connectivity index is 1.51. The third kappa shape index (κ3) is 16.4. The van der Waals surface area contributed by atoms with Gasteiger partial charge in [-0.15, -0.1) is 0 Å². The highest BCUT2D eigenvalue weighted by Crippen LogP contribution is 2.30. The van der Waals surface area contributed by atoms with Crippen LogP contribution in [0.3, 0.4) is 0 Å². The van der Waals surface area contributed by atoms with Crippen LogP contribution in [0, 0.1) is 6.92 Å². The Labute approximate surface area is 245 Å². The van der Waals surface area contributed by atoms with Gasteiger partial charge in [-0.1, -0.05) is 69.8 Å². The molecule has 1 aromatic rings. The third-order valence-electron chi connectivity index (χ3n) is 7.40. The second-order valence-corrected chi connectivity index (χ2v) is 11.0. The first-order valence-corrected chi connectivity index (χ1v) is 16.3. The van der Waals surface area contributed by atoms with E-state index < -0.39 is 0 Å². The minimum Gasteiger partial charge on any atom is -0.493 e. The number of hydrogen-bond donors (Lipinski definition) is 1. The zero-order valence-electron chi connectivity index (χ0n) is 25.7. The Bertz CT molecular complexity index is 797. The number of aliphatic hydroxyl groups excluding tert-OH is 1. The topological polar surface area (TPSA) is 57.2 Å². The molecule has 0 aromatic heterocycles. The van der Waals surface area contributed by atoms with Gasteiger partial charge in [0.1, 0.15) is 11.5 Å². The molecule has 1 aromatic carbocycles. The first-order chi connectivity index (χ1) is 19.7. The van der Waals surface area contributed by atoms with Gasteiger partial charge in [0.25, 0.3) is 0 Å². The summed E-state index contributed by atoms with van der Waals surface area (Å²) in [5.74, 6) is 1.62. The highest BCUT2D eigenvalue weighted by Gasteiger charge is 2.14. The second kappa shape index (κ2) is 23.8. The van der Waals surface area contributed by atoms with Crippen LogP contribution in [0.25, 0.3) is 0 Å². The Morgan fingerprint density at radius 2 is 1.38 bits per heavy atom. The molecule has 0 amide bonds. The van der Waals surface area contributed by atoms with E-state index in [4.69, 9.17) is 18.9 Å². The average molecular weight is 559 g/mol. The van der Waals surface area contributed by atoms with Crippen molar-refractivity contribution in [3.8, 4) is 11.5 Å². The predicted octanol–water partition coefficient (Wildman–Crippen LogP) is 9.38. The van der Waals surface area contributed by atoms with Gasteiger partial charge in [-0.2, -0.15) is 0 Å². The lowest BCUT2D eigenvalue weighted by molar-refractivity contribution is -0.162. The van der Waals surface area contributed by atoms with E-state index in [0.717, 1.165) is 67.8 Å². The van der Waals surface area contributed by atoms with Crippen LogP contribution in [0.5, 0.6) is 11.5 Å². The van der Waals surface area contributed by atoms with Crippen molar-refractivity contribution in [3.63, 3.8) is 0 Å². The molecule has 0 bridgehead atoms. The van der Waals surface area contributed by atoms with Crippen molar-refractivity contribution >= 4 is 0 Å². The minimum absolute atomic E-state index is 0.0207. The van der Waals surface area contributed by atoms with Crippen LogP contribution in [-0.2, 0) is 16.1 Å². The fraction of sp³-hybridized carbons (Fsp3) is 0.714. The molecule has 0 radical (unpaired) electrons. The van der Waals surface area contributed by atoms with Gasteiger partial charge < -0.3 is 24.1 Å². The number of rotatable bonds is 24. The highest BCUT2D eigenvalue weighted by atomic mass is 16.7. The largest absolute Gasteiger partial charge is 0.493 e. The van der Waals surface area contributed by atoms with Crippen LogP contribution < -0.4 is 9.47 Å². The summed E-state index contributed by atoms with van der Waals surface area (Å²) in [5.41, 5.74) is 1.83. The van der Waals surface area contributed by atoms with Gasteiger partial charge in [0.15, 0.2) is 6.29 Å². The zero-order chi connectivity index (χ0) is 28.5. The summed E-state index contributed by atoms with van der Waals surface area (Å²) < 4.78 is 23.6. The smallest absolute Gasteiger partial charge is 0.157 e. The Hall–Kier alpha value is -1.82. The predicted molar refractivity (Wildman–Crippen MR) is 166 cm³/mol. The van der Waals surface area contributed by atoms with Crippen molar-refractivity contribution in [2.75, 3.05) is 26.4 Å². The fourth-order valence-electron chi connectivity index (χ4n) is 4.82. The molecular weight excluding hydrogens is 500 g/mol. The van der Waals surface area contributed by atoms with Crippen molar-refractivity contribution in [2.45, 2.75) is 136 Å². The Kier molecular flexibility index (Phi) is 20.5. The van der Waals surface area contributed by atoms with Crippen molar-refractivity contribution in [1.29, 1.82) is 0 Å². The minimum atomic E-state index is -0.0253. The van der Waals surface area contributed by atoms with E-state index in [2.05, 4.69) is 31.2 Å². The first-order valence-electron chi connectivity index (χ1n) is 16.3. The average Bonchev–Trinajstić information content (AvgIpc) is 2.98. The number of hydrogen-bond acceptors (Lipinski definition) is 5. The molecular formula is C35H58O5. The van der Waals surface area contributed by atoms with Crippen molar-refractivity contribution in [2.24, 2.45) is 0 Å². The molecule has 1 heterocycles. The molecule has 0 aliphatic carbocycles. The van der Waals surface area contributed by atoms with Crippen molar-refractivity contribution < 1.29 is 24.1 Å². The molecule has 228 valence electrons. The van der Waals surface area contributed by atoms with Crippen molar-refractivity contribution in [1.82, 2.24) is 0 Å². The summed E-state index contributed by atoms with van der Waals surface area (Å²) in [5, 5.41) is 9.72. The molecule has 1 aliphatic rings. The standard InChI is InChI=1S/C35H58O5/c1-3-4-5-6-7-8-9-10-11-12-13-14-15-16-17-19-24-37-33-28-32(30-36)29-34(31(33)2)38-25-21-22-27-40-35-23-18-20-26-39-35/h7-8,10-11,28-29,35-36H,3-6,9,12-27,30H2,1-2H3/b8-7-,11-10-. The van der Waals surface area contributed by atoms with Crippen LogP contribution in [0.1, 0.15) is 127 Å². The van der Waals surface area contributed by atoms with Gasteiger partial charge in [-0.25, -0.2) is 0 Å². The van der Waals surface area contributed by atoms with Gasteiger partial charge in [0, 0.05) is 18.8 Å². The number of benzene rings is 1. The summed E-state index contributed by atoms with van der Waals surface area (Å²) in [6.07, 6.45) is 29.3. The summed E-state index contributed by atoms with van der Waals surface area (Å²) in [6.45, 7) is 7.10. The van der Waals surface area contributed by atoms with E-state index in [9.17, 15) is 5.11 Å². The van der Waals surface area contributed by atoms with Crippen molar-refractivity contribution in [3.05, 3.63) is 47.6 Å². The Morgan fingerprint density at radius 1 is 0.775 bits per heavy atom. The van der Waals surface area contributed by atoms with Crippen LogP contribution in [-0.4, -0.2) is 37.8 Å². The molecule has 0 spiro atoms. The first kappa shape index (κ1) is 34.4. The van der Waals surface area contributed by atoms with E-state index in [0.29, 0.717) is 19.8 Å². The molecule has 1 N–H and O–H groups in total. The molecule has 1 aliphatic heterocycles. The molecule has 1 saturated heterocycles. The molecule has 5 nitrogen and oxygen atoms in total. The second-order valence-electron chi connectivity index (χ2n) is 11.0. The summed E-state index contributed by atoms with van der Waals surface area (Å²) in [7, 11) is 0. The number of ether oxygens (including phenoxy) is 4. The van der Waals surface area contributed by atoms with E-state index in [1.807, 2.05) is 19.1 Å². The molecule has 2 rings (SSSR count). The molecule has 5 heteroatoms. The molecule has 40 heavy (non-hydrogen) atoms. The molecule has 1 atom stereocenters. The van der Waals surface area contributed by atoms with Crippen LogP contribution in [0.4, 0.5) is 0 Å². The normalized spacial score (nSPS) is 15.8. The maximum absolute atomic E-state index is 9.72. The number of allylic oxidation sites excluding steroid dienone is 4. The van der Waals surface area contributed by atoms with Gasteiger partial charge in [-0.3, -0.25) is 0 Å². The zero-order valence-corrected chi connectivity index (χ0v) is 25.7. The lowest BCUT2D eigenvalue weighted by Gasteiger charge is -2.22. The SMILES string of the molecule is CCCCC/C=C\C/C=C\CCCCCCCCOc1cc(CO)cc(OCCCCOC2CCCCO2)c1C.